The highest BCUT2D eigenvalue weighted by atomic mass is 19.4. The molecule has 2 unspecified atom stereocenters. The van der Waals surface area contributed by atoms with Crippen molar-refractivity contribution in [3.63, 3.8) is 0 Å². The Labute approximate surface area is 115 Å². The maximum Gasteiger partial charge on any atom is 0.418 e. The van der Waals surface area contributed by atoms with Crippen LogP contribution >= 0.6 is 0 Å². The van der Waals surface area contributed by atoms with E-state index in [9.17, 15) is 18.0 Å². The standard InChI is InChI=1S/C14H17F3N2O/c1-9-6-10(8-18-7-9)13(20)19-12-5-3-2-4-11(12)14(15,16)17/h2-5,9-10,18H,6-8H2,1H3,(H,19,20). The molecule has 2 N–H and O–H groups in total. The van der Waals surface area contributed by atoms with Crippen molar-refractivity contribution in [2.45, 2.75) is 19.5 Å². The molecule has 1 amide bonds. The van der Waals surface area contributed by atoms with Crippen molar-refractivity contribution in [1.82, 2.24) is 5.32 Å². The lowest BCUT2D eigenvalue weighted by Crippen LogP contribution is -2.41. The van der Waals surface area contributed by atoms with E-state index >= 15 is 0 Å². The summed E-state index contributed by atoms with van der Waals surface area (Å²) in [4.78, 5) is 12.1. The van der Waals surface area contributed by atoms with E-state index < -0.39 is 11.7 Å². The molecular formula is C14H17F3N2O. The van der Waals surface area contributed by atoms with Gasteiger partial charge in [0, 0.05) is 6.54 Å². The third kappa shape index (κ3) is 3.50. The van der Waals surface area contributed by atoms with E-state index in [0.717, 1.165) is 12.6 Å². The summed E-state index contributed by atoms with van der Waals surface area (Å²) < 4.78 is 38.5. The zero-order chi connectivity index (χ0) is 14.8. The van der Waals surface area contributed by atoms with Gasteiger partial charge in [0.1, 0.15) is 0 Å². The summed E-state index contributed by atoms with van der Waals surface area (Å²) >= 11 is 0. The van der Waals surface area contributed by atoms with Gasteiger partial charge in [-0.25, -0.2) is 0 Å². The van der Waals surface area contributed by atoms with Gasteiger partial charge in [0.15, 0.2) is 0 Å². The number of carbonyl (C=O) groups excluding carboxylic acids is 1. The van der Waals surface area contributed by atoms with Crippen LogP contribution in [0.15, 0.2) is 24.3 Å². The van der Waals surface area contributed by atoms with Crippen LogP contribution in [0.1, 0.15) is 18.9 Å². The number of hydrogen-bond donors (Lipinski definition) is 2. The van der Waals surface area contributed by atoms with Gasteiger partial charge in [-0.05, 0) is 31.0 Å². The normalized spacial score (nSPS) is 23.4. The lowest BCUT2D eigenvalue weighted by Gasteiger charge is -2.27. The Bertz CT molecular complexity index is 488. The summed E-state index contributed by atoms with van der Waals surface area (Å²) in [7, 11) is 0. The first-order chi connectivity index (χ1) is 9.38. The van der Waals surface area contributed by atoms with E-state index in [4.69, 9.17) is 0 Å². The summed E-state index contributed by atoms with van der Waals surface area (Å²) in [6.45, 7) is 3.35. The highest BCUT2D eigenvalue weighted by molar-refractivity contribution is 5.93. The minimum atomic E-state index is -4.47. The van der Waals surface area contributed by atoms with E-state index in [0.29, 0.717) is 18.9 Å². The number of hydrogen-bond acceptors (Lipinski definition) is 2. The molecule has 110 valence electrons. The molecule has 0 aliphatic carbocycles. The van der Waals surface area contributed by atoms with E-state index in [1.807, 2.05) is 6.92 Å². The smallest absolute Gasteiger partial charge is 0.325 e. The fraction of sp³-hybridized carbons (Fsp3) is 0.500. The number of amides is 1. The van der Waals surface area contributed by atoms with Crippen LogP contribution in [0, 0.1) is 11.8 Å². The van der Waals surface area contributed by atoms with E-state index in [1.165, 1.54) is 18.2 Å². The number of piperidine rings is 1. The summed E-state index contributed by atoms with van der Waals surface area (Å²) in [5, 5.41) is 5.52. The number of anilines is 1. The van der Waals surface area contributed by atoms with E-state index in [-0.39, 0.29) is 17.5 Å². The van der Waals surface area contributed by atoms with Crippen LogP contribution < -0.4 is 10.6 Å². The molecule has 1 aliphatic rings. The Hall–Kier alpha value is -1.56. The zero-order valence-electron chi connectivity index (χ0n) is 11.1. The number of rotatable bonds is 2. The Balaban J connectivity index is 2.12. The van der Waals surface area contributed by atoms with Crippen molar-refractivity contribution >= 4 is 11.6 Å². The summed E-state index contributed by atoms with van der Waals surface area (Å²) in [5.41, 5.74) is -0.992. The van der Waals surface area contributed by atoms with Crippen molar-refractivity contribution in [2.75, 3.05) is 18.4 Å². The summed E-state index contributed by atoms with van der Waals surface area (Å²) in [6, 6.07) is 5.03. The second-order valence-electron chi connectivity index (χ2n) is 5.23. The zero-order valence-corrected chi connectivity index (χ0v) is 11.1. The molecule has 2 rings (SSSR count). The molecule has 1 heterocycles. The molecule has 0 bridgehead atoms. The number of carbonyl (C=O) groups is 1. The van der Waals surface area contributed by atoms with Gasteiger partial charge in [0.2, 0.25) is 5.91 Å². The van der Waals surface area contributed by atoms with Crippen LogP contribution in [0.5, 0.6) is 0 Å². The van der Waals surface area contributed by atoms with Crippen LogP contribution in [0.4, 0.5) is 18.9 Å². The predicted octanol–water partition coefficient (Wildman–Crippen LogP) is 2.89. The average molecular weight is 286 g/mol. The monoisotopic (exact) mass is 286 g/mol. The molecule has 0 saturated carbocycles. The molecule has 2 atom stereocenters. The minimum absolute atomic E-state index is 0.178. The van der Waals surface area contributed by atoms with Crippen molar-refractivity contribution in [2.24, 2.45) is 11.8 Å². The second kappa shape index (κ2) is 5.83. The highest BCUT2D eigenvalue weighted by Crippen LogP contribution is 2.34. The Morgan fingerprint density at radius 1 is 1.30 bits per heavy atom. The molecule has 1 aromatic rings. The SMILES string of the molecule is CC1CNCC(C(=O)Nc2ccccc2C(F)(F)F)C1. The Morgan fingerprint density at radius 3 is 2.65 bits per heavy atom. The van der Waals surface area contributed by atoms with Crippen molar-refractivity contribution in [3.05, 3.63) is 29.8 Å². The predicted molar refractivity (Wildman–Crippen MR) is 70.2 cm³/mol. The average Bonchev–Trinajstić information content (AvgIpc) is 2.38. The van der Waals surface area contributed by atoms with Crippen LogP contribution in [-0.2, 0) is 11.0 Å². The molecular weight excluding hydrogens is 269 g/mol. The number of para-hydroxylation sites is 1. The molecule has 0 aromatic heterocycles. The van der Waals surface area contributed by atoms with Gasteiger partial charge in [-0.15, -0.1) is 0 Å². The van der Waals surface area contributed by atoms with E-state index in [2.05, 4.69) is 10.6 Å². The van der Waals surface area contributed by atoms with Crippen LogP contribution in [0.25, 0.3) is 0 Å². The van der Waals surface area contributed by atoms with Gasteiger partial charge in [-0.2, -0.15) is 13.2 Å². The van der Waals surface area contributed by atoms with Gasteiger partial charge in [-0.1, -0.05) is 19.1 Å². The van der Waals surface area contributed by atoms with Gasteiger partial charge in [0.05, 0.1) is 17.2 Å². The Kier molecular flexibility index (Phi) is 4.32. The topological polar surface area (TPSA) is 41.1 Å². The first-order valence-electron chi connectivity index (χ1n) is 6.55. The van der Waals surface area contributed by atoms with Gasteiger partial charge in [-0.3, -0.25) is 4.79 Å². The molecule has 20 heavy (non-hydrogen) atoms. The quantitative estimate of drug-likeness (QED) is 0.877. The largest absolute Gasteiger partial charge is 0.418 e. The molecule has 6 heteroatoms. The van der Waals surface area contributed by atoms with Crippen LogP contribution in [0.2, 0.25) is 0 Å². The summed E-state index contributed by atoms with van der Waals surface area (Å²) in [5.74, 6) is -0.307. The Morgan fingerprint density at radius 2 is 2.00 bits per heavy atom. The first kappa shape index (κ1) is 14.8. The van der Waals surface area contributed by atoms with Crippen LogP contribution in [-0.4, -0.2) is 19.0 Å². The summed E-state index contributed by atoms with van der Waals surface area (Å²) in [6.07, 6.45) is -3.78. The maximum atomic E-state index is 12.8. The van der Waals surface area contributed by atoms with Gasteiger partial charge < -0.3 is 10.6 Å². The number of halogens is 3. The van der Waals surface area contributed by atoms with Crippen molar-refractivity contribution in [3.8, 4) is 0 Å². The lowest BCUT2D eigenvalue weighted by atomic mass is 9.91. The number of benzene rings is 1. The first-order valence-corrected chi connectivity index (χ1v) is 6.55. The molecule has 1 aromatic carbocycles. The van der Waals surface area contributed by atoms with Crippen molar-refractivity contribution < 1.29 is 18.0 Å². The number of alkyl halides is 3. The molecule has 1 aliphatic heterocycles. The molecule has 1 saturated heterocycles. The van der Waals surface area contributed by atoms with E-state index in [1.54, 1.807) is 0 Å². The molecule has 0 radical (unpaired) electrons. The fourth-order valence-electron chi connectivity index (χ4n) is 2.43. The third-order valence-electron chi connectivity index (χ3n) is 3.43. The lowest BCUT2D eigenvalue weighted by molar-refractivity contribution is -0.137. The second-order valence-corrected chi connectivity index (χ2v) is 5.23. The molecule has 0 spiro atoms. The molecule has 1 fully saturated rings. The minimum Gasteiger partial charge on any atom is -0.325 e. The van der Waals surface area contributed by atoms with Crippen LogP contribution in [0.3, 0.4) is 0 Å². The number of nitrogens with one attached hydrogen (secondary N) is 2. The van der Waals surface area contributed by atoms with Gasteiger partial charge >= 0.3 is 6.18 Å². The third-order valence-corrected chi connectivity index (χ3v) is 3.43. The fourth-order valence-corrected chi connectivity index (χ4v) is 2.43. The molecule has 3 nitrogen and oxygen atoms in total. The maximum absolute atomic E-state index is 12.8. The van der Waals surface area contributed by atoms with Crippen molar-refractivity contribution in [1.29, 1.82) is 0 Å². The highest BCUT2D eigenvalue weighted by Gasteiger charge is 2.34. The van der Waals surface area contributed by atoms with Gasteiger partial charge in [0.25, 0.3) is 0 Å².